The first-order valence-corrected chi connectivity index (χ1v) is 9.37. The lowest BCUT2D eigenvalue weighted by atomic mass is 10.1. The Kier molecular flexibility index (Phi) is 6.70. The number of hydrogen-bond acceptors (Lipinski definition) is 5. The van der Waals surface area contributed by atoms with Crippen LogP contribution in [0.4, 0.5) is 5.69 Å². The van der Waals surface area contributed by atoms with Crippen molar-refractivity contribution < 1.29 is 23.8 Å². The summed E-state index contributed by atoms with van der Waals surface area (Å²) < 4.78 is 16.0. The van der Waals surface area contributed by atoms with Crippen LogP contribution in [0.2, 0.25) is 0 Å². The van der Waals surface area contributed by atoms with E-state index in [4.69, 9.17) is 9.47 Å². The first kappa shape index (κ1) is 20.9. The van der Waals surface area contributed by atoms with Crippen molar-refractivity contribution in [1.82, 2.24) is 0 Å². The summed E-state index contributed by atoms with van der Waals surface area (Å²) in [6.07, 6.45) is 0. The third-order valence-corrected chi connectivity index (χ3v) is 4.58. The summed E-state index contributed by atoms with van der Waals surface area (Å²) >= 11 is 0. The number of nitrogens with one attached hydrogen (secondary N) is 1. The molecule has 0 spiro atoms. The molecule has 6 nitrogen and oxygen atoms in total. The van der Waals surface area contributed by atoms with Crippen molar-refractivity contribution in [2.75, 3.05) is 19.5 Å². The Hall–Kier alpha value is -3.80. The largest absolute Gasteiger partial charge is 0.496 e. The molecule has 0 saturated carbocycles. The number of methoxy groups -OCH3 is 2. The fourth-order valence-electron chi connectivity index (χ4n) is 2.92. The minimum absolute atomic E-state index is 0.267. The highest BCUT2D eigenvalue weighted by molar-refractivity contribution is 6.04. The number of esters is 1. The normalized spacial score (nSPS) is 10.2. The molecule has 0 saturated heterocycles. The molecule has 0 aliphatic heterocycles. The van der Waals surface area contributed by atoms with E-state index >= 15 is 0 Å². The van der Waals surface area contributed by atoms with Gasteiger partial charge >= 0.3 is 5.97 Å². The molecule has 0 fully saturated rings. The van der Waals surface area contributed by atoms with Crippen LogP contribution in [0.5, 0.6) is 11.5 Å². The van der Waals surface area contributed by atoms with Crippen LogP contribution in [0.15, 0.2) is 66.7 Å². The highest BCUT2D eigenvalue weighted by atomic mass is 16.5. The lowest BCUT2D eigenvalue weighted by molar-refractivity contribution is 0.0600. The van der Waals surface area contributed by atoms with Crippen molar-refractivity contribution in [3.05, 3.63) is 89.0 Å². The van der Waals surface area contributed by atoms with Crippen LogP contribution in [0.25, 0.3) is 0 Å². The van der Waals surface area contributed by atoms with Gasteiger partial charge in [-0.05, 0) is 61.0 Å². The van der Waals surface area contributed by atoms with Crippen molar-refractivity contribution in [1.29, 1.82) is 0 Å². The smallest absolute Gasteiger partial charge is 0.337 e. The lowest BCUT2D eigenvalue weighted by Gasteiger charge is -2.13. The molecular formula is C24H23NO5. The van der Waals surface area contributed by atoms with E-state index in [1.807, 2.05) is 31.2 Å². The van der Waals surface area contributed by atoms with Crippen LogP contribution in [0.1, 0.15) is 31.8 Å². The van der Waals surface area contributed by atoms with Gasteiger partial charge < -0.3 is 19.5 Å². The number of ether oxygens (including phenoxy) is 3. The first-order valence-electron chi connectivity index (χ1n) is 9.37. The van der Waals surface area contributed by atoms with Gasteiger partial charge in [0.05, 0.1) is 19.8 Å². The fourth-order valence-corrected chi connectivity index (χ4v) is 2.92. The molecule has 154 valence electrons. The van der Waals surface area contributed by atoms with E-state index in [0.717, 1.165) is 16.9 Å². The molecule has 0 radical (unpaired) electrons. The molecule has 30 heavy (non-hydrogen) atoms. The number of carbonyl (C=O) groups excluding carboxylic acids is 2. The summed E-state index contributed by atoms with van der Waals surface area (Å²) in [4.78, 5) is 24.2. The SMILES string of the molecule is COC(=O)c1ccc(NC(=O)c2ccc(OC)c(COc3ccccc3C)c2)cc1. The monoisotopic (exact) mass is 405 g/mol. The molecule has 0 bridgehead atoms. The zero-order valence-corrected chi connectivity index (χ0v) is 17.1. The first-order chi connectivity index (χ1) is 14.5. The van der Waals surface area contributed by atoms with Crippen LogP contribution >= 0.6 is 0 Å². The molecular weight excluding hydrogens is 382 g/mol. The Morgan fingerprint density at radius 2 is 1.57 bits per heavy atom. The molecule has 3 aromatic carbocycles. The maximum atomic E-state index is 12.7. The predicted molar refractivity (Wildman–Crippen MR) is 114 cm³/mol. The Morgan fingerprint density at radius 3 is 2.23 bits per heavy atom. The number of rotatable bonds is 7. The standard InChI is InChI=1S/C24H23NO5/c1-16-6-4-5-7-21(16)30-15-19-14-18(10-13-22(19)28-2)23(26)25-20-11-8-17(9-12-20)24(27)29-3/h4-14H,15H2,1-3H3,(H,25,26). The average molecular weight is 405 g/mol. The van der Waals surface area contributed by atoms with E-state index in [0.29, 0.717) is 22.6 Å². The van der Waals surface area contributed by atoms with Gasteiger partial charge in [0.1, 0.15) is 18.1 Å². The van der Waals surface area contributed by atoms with Crippen LogP contribution in [-0.4, -0.2) is 26.1 Å². The maximum absolute atomic E-state index is 12.7. The minimum Gasteiger partial charge on any atom is -0.496 e. The highest BCUT2D eigenvalue weighted by Gasteiger charge is 2.12. The van der Waals surface area contributed by atoms with E-state index in [2.05, 4.69) is 10.1 Å². The molecule has 0 atom stereocenters. The van der Waals surface area contributed by atoms with Crippen LogP contribution < -0.4 is 14.8 Å². The minimum atomic E-state index is -0.429. The van der Waals surface area contributed by atoms with Crippen molar-refractivity contribution >= 4 is 17.6 Å². The summed E-state index contributed by atoms with van der Waals surface area (Å²) in [6, 6.07) is 19.4. The van der Waals surface area contributed by atoms with Crippen LogP contribution in [-0.2, 0) is 11.3 Å². The van der Waals surface area contributed by atoms with E-state index in [9.17, 15) is 9.59 Å². The van der Waals surface area contributed by atoms with Gasteiger partial charge in [-0.15, -0.1) is 0 Å². The second-order valence-corrected chi connectivity index (χ2v) is 6.60. The van der Waals surface area contributed by atoms with Gasteiger partial charge in [-0.2, -0.15) is 0 Å². The number of carbonyl (C=O) groups is 2. The Balaban J connectivity index is 1.74. The van der Waals surface area contributed by atoms with Crippen molar-refractivity contribution in [3.63, 3.8) is 0 Å². The van der Waals surface area contributed by atoms with Crippen molar-refractivity contribution in [3.8, 4) is 11.5 Å². The zero-order valence-electron chi connectivity index (χ0n) is 17.1. The Labute approximate surface area is 175 Å². The molecule has 1 N–H and O–H groups in total. The molecule has 0 heterocycles. The van der Waals surface area contributed by atoms with Crippen LogP contribution in [0, 0.1) is 6.92 Å². The highest BCUT2D eigenvalue weighted by Crippen LogP contribution is 2.24. The average Bonchev–Trinajstić information content (AvgIpc) is 2.78. The number of anilines is 1. The van der Waals surface area contributed by atoms with Gasteiger partial charge in [0.15, 0.2) is 0 Å². The summed E-state index contributed by atoms with van der Waals surface area (Å²) in [5, 5.41) is 2.82. The fraction of sp³-hybridized carbons (Fsp3) is 0.167. The van der Waals surface area contributed by atoms with Crippen molar-refractivity contribution in [2.24, 2.45) is 0 Å². The Morgan fingerprint density at radius 1 is 0.867 bits per heavy atom. The van der Waals surface area contributed by atoms with E-state index in [-0.39, 0.29) is 12.5 Å². The topological polar surface area (TPSA) is 73.9 Å². The van der Waals surface area contributed by atoms with Gasteiger partial charge in [0.25, 0.3) is 5.91 Å². The second-order valence-electron chi connectivity index (χ2n) is 6.60. The quantitative estimate of drug-likeness (QED) is 0.581. The van der Waals surface area contributed by atoms with E-state index < -0.39 is 5.97 Å². The molecule has 0 unspecified atom stereocenters. The van der Waals surface area contributed by atoms with Crippen molar-refractivity contribution in [2.45, 2.75) is 13.5 Å². The number of benzene rings is 3. The van der Waals surface area contributed by atoms with E-state index in [1.54, 1.807) is 49.6 Å². The summed E-state index contributed by atoms with van der Waals surface area (Å²) in [6.45, 7) is 2.24. The summed E-state index contributed by atoms with van der Waals surface area (Å²) in [7, 11) is 2.90. The molecule has 6 heteroatoms. The number of para-hydroxylation sites is 1. The number of hydrogen-bond donors (Lipinski definition) is 1. The number of amides is 1. The van der Waals surface area contributed by atoms with Crippen LogP contribution in [0.3, 0.4) is 0 Å². The summed E-state index contributed by atoms with van der Waals surface area (Å²) in [5.41, 5.74) is 3.24. The Bertz CT molecular complexity index is 1040. The van der Waals surface area contributed by atoms with Gasteiger partial charge in [-0.25, -0.2) is 4.79 Å². The number of aryl methyl sites for hydroxylation is 1. The molecule has 0 aliphatic rings. The lowest BCUT2D eigenvalue weighted by Crippen LogP contribution is -2.13. The molecule has 3 rings (SSSR count). The summed E-state index contributed by atoms with van der Waals surface area (Å²) in [5.74, 6) is 0.713. The molecule has 0 aromatic heterocycles. The molecule has 1 amide bonds. The molecule has 3 aromatic rings. The second kappa shape index (κ2) is 9.60. The maximum Gasteiger partial charge on any atom is 0.337 e. The van der Waals surface area contributed by atoms with E-state index in [1.165, 1.54) is 7.11 Å². The third-order valence-electron chi connectivity index (χ3n) is 4.58. The van der Waals surface area contributed by atoms with Gasteiger partial charge in [0.2, 0.25) is 0 Å². The van der Waals surface area contributed by atoms with Gasteiger partial charge in [-0.1, -0.05) is 18.2 Å². The predicted octanol–water partition coefficient (Wildman–Crippen LogP) is 4.62. The third kappa shape index (κ3) is 4.97. The van der Waals surface area contributed by atoms with Gasteiger partial charge in [-0.3, -0.25) is 4.79 Å². The van der Waals surface area contributed by atoms with Gasteiger partial charge in [0, 0.05) is 16.8 Å². The molecule has 0 aliphatic carbocycles. The zero-order chi connectivity index (χ0) is 21.5.